The quantitative estimate of drug-likeness (QED) is 0.833. The molecule has 0 saturated carbocycles. The number of aliphatic hydroxyl groups excluding tert-OH is 1. The number of rotatable bonds is 6. The molecule has 2 unspecified atom stereocenters. The molecule has 1 N–H and O–H groups in total. The molecule has 21 heavy (non-hydrogen) atoms. The van der Waals surface area contributed by atoms with Crippen LogP contribution in [0, 0.1) is 0 Å². The minimum Gasteiger partial charge on any atom is -0.491 e. The van der Waals surface area contributed by atoms with Crippen LogP contribution >= 0.6 is 0 Å². The Kier molecular flexibility index (Phi) is 5.40. The Balaban J connectivity index is 2.23. The fraction of sp³-hybridized carbons (Fsp3) is 0.368. The van der Waals surface area contributed by atoms with Crippen molar-refractivity contribution in [2.45, 2.75) is 45.3 Å². The van der Waals surface area contributed by atoms with E-state index in [1.807, 2.05) is 56.3 Å². The second kappa shape index (κ2) is 7.28. The Labute approximate surface area is 127 Å². The Hall–Kier alpha value is -1.80. The molecule has 0 radical (unpaired) electrons. The van der Waals surface area contributed by atoms with E-state index in [9.17, 15) is 5.11 Å². The molecule has 112 valence electrons. The summed E-state index contributed by atoms with van der Waals surface area (Å²) < 4.78 is 5.71. The van der Waals surface area contributed by atoms with E-state index < -0.39 is 6.10 Å². The molecule has 0 amide bonds. The lowest BCUT2D eigenvalue weighted by molar-refractivity contribution is 0.141. The van der Waals surface area contributed by atoms with E-state index in [0.717, 1.165) is 17.7 Å². The highest BCUT2D eigenvalue weighted by Crippen LogP contribution is 2.34. The van der Waals surface area contributed by atoms with Gasteiger partial charge in [0.25, 0.3) is 0 Å². The summed E-state index contributed by atoms with van der Waals surface area (Å²) in [6.07, 6.45) is 0.502. The van der Waals surface area contributed by atoms with Crippen molar-refractivity contribution in [1.82, 2.24) is 0 Å². The third-order valence-corrected chi connectivity index (χ3v) is 3.62. The van der Waals surface area contributed by atoms with Crippen molar-refractivity contribution in [2.75, 3.05) is 0 Å². The minimum atomic E-state index is -0.520. The van der Waals surface area contributed by atoms with Gasteiger partial charge >= 0.3 is 0 Å². The Bertz CT molecular complexity index is 549. The minimum absolute atomic E-state index is 0.0977. The van der Waals surface area contributed by atoms with Crippen molar-refractivity contribution in [3.8, 4) is 5.75 Å². The highest BCUT2D eigenvalue weighted by atomic mass is 16.5. The predicted molar refractivity (Wildman–Crippen MR) is 86.6 cm³/mol. The SMILES string of the molecule is CCC(c1ccccc1)C(O)c1cccc(OC(C)C)c1. The van der Waals surface area contributed by atoms with Gasteiger partial charge in [-0.15, -0.1) is 0 Å². The molecule has 2 aromatic carbocycles. The van der Waals surface area contributed by atoms with Gasteiger partial charge in [-0.05, 0) is 43.5 Å². The molecule has 2 nitrogen and oxygen atoms in total. The van der Waals surface area contributed by atoms with Gasteiger partial charge in [-0.1, -0.05) is 49.4 Å². The van der Waals surface area contributed by atoms with E-state index in [1.165, 1.54) is 5.56 Å². The van der Waals surface area contributed by atoms with Crippen LogP contribution in [0.25, 0.3) is 0 Å². The summed E-state index contributed by atoms with van der Waals surface area (Å²) in [7, 11) is 0. The van der Waals surface area contributed by atoms with Crippen molar-refractivity contribution in [2.24, 2.45) is 0 Å². The van der Waals surface area contributed by atoms with Gasteiger partial charge in [0.15, 0.2) is 0 Å². The van der Waals surface area contributed by atoms with Gasteiger partial charge in [0.05, 0.1) is 12.2 Å². The lowest BCUT2D eigenvalue weighted by atomic mass is 9.87. The zero-order valence-corrected chi connectivity index (χ0v) is 13.0. The van der Waals surface area contributed by atoms with Gasteiger partial charge in [-0.25, -0.2) is 0 Å². The number of hydrogen-bond acceptors (Lipinski definition) is 2. The van der Waals surface area contributed by atoms with Gasteiger partial charge in [0, 0.05) is 5.92 Å². The van der Waals surface area contributed by atoms with E-state index in [4.69, 9.17) is 4.74 Å². The molecule has 0 heterocycles. The molecule has 2 heteroatoms. The first kappa shape index (κ1) is 15.6. The second-order valence-corrected chi connectivity index (χ2v) is 5.61. The van der Waals surface area contributed by atoms with Crippen molar-refractivity contribution in [1.29, 1.82) is 0 Å². The summed E-state index contributed by atoms with van der Waals surface area (Å²) in [4.78, 5) is 0. The average molecular weight is 284 g/mol. The fourth-order valence-electron chi connectivity index (χ4n) is 2.62. The van der Waals surface area contributed by atoms with Crippen LogP contribution in [0.5, 0.6) is 5.75 Å². The molecule has 0 aliphatic carbocycles. The summed E-state index contributed by atoms with van der Waals surface area (Å²) in [5, 5.41) is 10.7. The zero-order chi connectivity index (χ0) is 15.2. The van der Waals surface area contributed by atoms with Crippen LogP contribution in [0.15, 0.2) is 54.6 Å². The molecule has 2 rings (SSSR count). The first-order valence-corrected chi connectivity index (χ1v) is 7.61. The maximum atomic E-state index is 10.7. The van der Waals surface area contributed by atoms with Gasteiger partial charge in [-0.3, -0.25) is 0 Å². The lowest BCUT2D eigenvalue weighted by Gasteiger charge is -2.23. The molecular weight excluding hydrogens is 260 g/mol. The van der Waals surface area contributed by atoms with Crippen LogP contribution in [0.1, 0.15) is 50.3 Å². The van der Waals surface area contributed by atoms with Crippen LogP contribution in [-0.2, 0) is 0 Å². The van der Waals surface area contributed by atoms with Crippen molar-refractivity contribution < 1.29 is 9.84 Å². The molecule has 0 saturated heterocycles. The molecule has 2 atom stereocenters. The van der Waals surface area contributed by atoms with E-state index in [1.54, 1.807) is 0 Å². The molecule has 0 aliphatic rings. The number of benzene rings is 2. The van der Waals surface area contributed by atoms with Crippen molar-refractivity contribution in [3.63, 3.8) is 0 Å². The van der Waals surface area contributed by atoms with E-state index >= 15 is 0 Å². The van der Waals surface area contributed by atoms with Crippen LogP contribution in [0.2, 0.25) is 0 Å². The Morgan fingerprint density at radius 1 is 0.952 bits per heavy atom. The number of hydrogen-bond donors (Lipinski definition) is 1. The normalized spacial score (nSPS) is 14.0. The van der Waals surface area contributed by atoms with Crippen LogP contribution in [0.4, 0.5) is 0 Å². The number of aliphatic hydroxyl groups is 1. The van der Waals surface area contributed by atoms with Crippen molar-refractivity contribution in [3.05, 3.63) is 65.7 Å². The van der Waals surface area contributed by atoms with Crippen LogP contribution in [-0.4, -0.2) is 11.2 Å². The Morgan fingerprint density at radius 2 is 1.62 bits per heavy atom. The first-order valence-electron chi connectivity index (χ1n) is 7.61. The second-order valence-electron chi connectivity index (χ2n) is 5.61. The zero-order valence-electron chi connectivity index (χ0n) is 13.0. The first-order chi connectivity index (χ1) is 10.1. The van der Waals surface area contributed by atoms with Crippen LogP contribution in [0.3, 0.4) is 0 Å². The predicted octanol–water partition coefficient (Wildman–Crippen LogP) is 4.70. The molecule has 0 spiro atoms. The third kappa shape index (κ3) is 4.08. The molecular formula is C19H24O2. The van der Waals surface area contributed by atoms with Gasteiger partial charge in [0.2, 0.25) is 0 Å². The number of ether oxygens (including phenoxy) is 1. The van der Waals surface area contributed by atoms with E-state index in [0.29, 0.717) is 0 Å². The maximum Gasteiger partial charge on any atom is 0.120 e. The van der Waals surface area contributed by atoms with Gasteiger partial charge in [0.1, 0.15) is 5.75 Å². The molecule has 0 aliphatic heterocycles. The average Bonchev–Trinajstić information content (AvgIpc) is 2.48. The molecule has 0 aromatic heterocycles. The largest absolute Gasteiger partial charge is 0.491 e. The molecule has 0 fully saturated rings. The highest BCUT2D eigenvalue weighted by molar-refractivity contribution is 5.33. The fourth-order valence-corrected chi connectivity index (χ4v) is 2.62. The van der Waals surface area contributed by atoms with Crippen LogP contribution < -0.4 is 4.74 Å². The summed E-state index contributed by atoms with van der Waals surface area (Å²) in [5.41, 5.74) is 2.08. The molecule has 2 aromatic rings. The lowest BCUT2D eigenvalue weighted by Crippen LogP contribution is -2.11. The maximum absolute atomic E-state index is 10.7. The highest BCUT2D eigenvalue weighted by Gasteiger charge is 2.21. The molecule has 0 bridgehead atoms. The monoisotopic (exact) mass is 284 g/mol. The van der Waals surface area contributed by atoms with E-state index in [2.05, 4.69) is 19.1 Å². The van der Waals surface area contributed by atoms with Crippen molar-refractivity contribution >= 4 is 0 Å². The Morgan fingerprint density at radius 3 is 2.24 bits per heavy atom. The summed E-state index contributed by atoms with van der Waals surface area (Å²) in [5.74, 6) is 0.907. The topological polar surface area (TPSA) is 29.5 Å². The smallest absolute Gasteiger partial charge is 0.120 e. The van der Waals surface area contributed by atoms with E-state index in [-0.39, 0.29) is 12.0 Å². The van der Waals surface area contributed by atoms with Gasteiger partial charge < -0.3 is 9.84 Å². The standard InChI is InChI=1S/C19H24O2/c1-4-18(15-9-6-5-7-10-15)19(20)16-11-8-12-17(13-16)21-14(2)3/h5-14,18-20H,4H2,1-3H3. The summed E-state index contributed by atoms with van der Waals surface area (Å²) in [6.45, 7) is 6.11. The third-order valence-electron chi connectivity index (χ3n) is 3.62. The summed E-state index contributed by atoms with van der Waals surface area (Å²) in [6, 6.07) is 18.0. The summed E-state index contributed by atoms with van der Waals surface area (Å²) >= 11 is 0. The van der Waals surface area contributed by atoms with Gasteiger partial charge in [-0.2, -0.15) is 0 Å².